The van der Waals surface area contributed by atoms with E-state index in [-0.39, 0.29) is 0 Å². The first-order chi connectivity index (χ1) is 8.22. The minimum Gasteiger partial charge on any atom is -0.344 e. The maximum Gasteiger partial charge on any atom is 0.265 e. The average molecular weight is 228 g/mol. The molecule has 0 saturated heterocycles. The molecule has 0 aliphatic carbocycles. The highest BCUT2D eigenvalue weighted by Crippen LogP contribution is 2.23. The summed E-state index contributed by atoms with van der Waals surface area (Å²) in [4.78, 5) is 6.03. The molecule has 2 aromatic rings. The lowest BCUT2D eigenvalue weighted by molar-refractivity contribution is 0.430. The van der Waals surface area contributed by atoms with Crippen LogP contribution < -0.4 is 4.90 Å². The highest BCUT2D eigenvalue weighted by atomic mass is 16.5. The summed E-state index contributed by atoms with van der Waals surface area (Å²) in [5.41, 5.74) is 1.71. The topological polar surface area (TPSA) is 66.0 Å². The molecule has 0 spiro atoms. The van der Waals surface area contributed by atoms with E-state index in [0.717, 1.165) is 11.1 Å². The molecule has 0 amide bonds. The summed E-state index contributed by atoms with van der Waals surface area (Å²) in [5, 5.41) is 12.6. The number of hydrogen-bond acceptors (Lipinski definition) is 5. The normalized spacial score (nSPS) is 9.94. The fraction of sp³-hybridized carbons (Fsp3) is 0.250. The van der Waals surface area contributed by atoms with Crippen LogP contribution in [0, 0.1) is 11.3 Å². The van der Waals surface area contributed by atoms with E-state index in [1.807, 2.05) is 38.4 Å². The van der Waals surface area contributed by atoms with Crippen molar-refractivity contribution < 1.29 is 4.52 Å². The molecule has 17 heavy (non-hydrogen) atoms. The third kappa shape index (κ3) is 2.26. The molecule has 1 aromatic heterocycles. The monoisotopic (exact) mass is 228 g/mol. The summed E-state index contributed by atoms with van der Waals surface area (Å²) in [6.45, 7) is 0. The van der Waals surface area contributed by atoms with E-state index in [4.69, 9.17) is 9.78 Å². The van der Waals surface area contributed by atoms with Gasteiger partial charge in [0, 0.05) is 19.7 Å². The van der Waals surface area contributed by atoms with Crippen LogP contribution in [0.15, 0.2) is 28.8 Å². The Morgan fingerprint density at radius 1 is 1.35 bits per heavy atom. The number of nitrogens with zero attached hydrogens (tertiary/aromatic N) is 4. The van der Waals surface area contributed by atoms with Gasteiger partial charge in [-0.2, -0.15) is 10.2 Å². The first-order valence-corrected chi connectivity index (χ1v) is 5.18. The van der Waals surface area contributed by atoms with Gasteiger partial charge in [0.2, 0.25) is 0 Å². The highest BCUT2D eigenvalue weighted by Gasteiger charge is 2.13. The van der Waals surface area contributed by atoms with Gasteiger partial charge in [-0.05, 0) is 16.8 Å². The molecular formula is C12H12N4O. The molecule has 0 radical (unpaired) electrons. The summed E-state index contributed by atoms with van der Waals surface area (Å²) in [7, 11) is 3.69. The van der Waals surface area contributed by atoms with Crippen molar-refractivity contribution >= 4 is 5.95 Å². The van der Waals surface area contributed by atoms with Gasteiger partial charge >= 0.3 is 0 Å². The Bertz CT molecular complexity index is 554. The van der Waals surface area contributed by atoms with Crippen LogP contribution in [0.2, 0.25) is 0 Å². The molecule has 5 heteroatoms. The lowest BCUT2D eigenvalue weighted by Gasteiger charge is -2.03. The van der Waals surface area contributed by atoms with Gasteiger partial charge in [-0.15, -0.1) is 0 Å². The fourth-order valence-corrected chi connectivity index (χ4v) is 1.48. The Morgan fingerprint density at radius 3 is 2.76 bits per heavy atom. The van der Waals surface area contributed by atoms with Gasteiger partial charge in [-0.25, -0.2) is 0 Å². The molecule has 86 valence electrons. The molecular weight excluding hydrogens is 216 g/mol. The Hall–Kier alpha value is -2.35. The van der Waals surface area contributed by atoms with Crippen LogP contribution in [0.4, 0.5) is 5.95 Å². The smallest absolute Gasteiger partial charge is 0.265 e. The molecule has 1 heterocycles. The molecule has 0 aliphatic heterocycles. The number of hydrogen-bond donors (Lipinski definition) is 0. The number of benzene rings is 1. The van der Waals surface area contributed by atoms with E-state index in [1.165, 1.54) is 0 Å². The van der Waals surface area contributed by atoms with Gasteiger partial charge in [-0.1, -0.05) is 18.2 Å². The van der Waals surface area contributed by atoms with E-state index in [1.54, 1.807) is 4.90 Å². The van der Waals surface area contributed by atoms with Gasteiger partial charge in [0.1, 0.15) is 0 Å². The number of nitriles is 1. The second-order valence-electron chi connectivity index (χ2n) is 3.79. The van der Waals surface area contributed by atoms with Gasteiger partial charge in [0.15, 0.2) is 0 Å². The molecule has 0 aliphatic rings. The van der Waals surface area contributed by atoms with Crippen molar-refractivity contribution in [2.45, 2.75) is 6.42 Å². The van der Waals surface area contributed by atoms with Crippen LogP contribution in [0.1, 0.15) is 5.56 Å². The van der Waals surface area contributed by atoms with Gasteiger partial charge < -0.3 is 9.42 Å². The zero-order valence-corrected chi connectivity index (χ0v) is 9.71. The summed E-state index contributed by atoms with van der Waals surface area (Å²) >= 11 is 0. The SMILES string of the molecule is CN(C)c1noc(-c2ccccc2CC#N)n1. The molecule has 0 saturated carbocycles. The van der Waals surface area contributed by atoms with Crippen molar-refractivity contribution in [3.63, 3.8) is 0 Å². The zero-order chi connectivity index (χ0) is 12.3. The third-order valence-corrected chi connectivity index (χ3v) is 2.33. The van der Waals surface area contributed by atoms with Gasteiger partial charge in [0.25, 0.3) is 11.8 Å². The maximum atomic E-state index is 8.76. The number of rotatable bonds is 3. The van der Waals surface area contributed by atoms with Crippen LogP contribution in [0.5, 0.6) is 0 Å². The minimum absolute atomic E-state index is 0.329. The van der Waals surface area contributed by atoms with E-state index in [9.17, 15) is 0 Å². The minimum atomic E-state index is 0.329. The lowest BCUT2D eigenvalue weighted by Crippen LogP contribution is -2.10. The predicted octanol–water partition coefficient (Wildman–Crippen LogP) is 1.87. The number of aromatic nitrogens is 2. The van der Waals surface area contributed by atoms with Crippen LogP contribution in [0.25, 0.3) is 11.5 Å². The third-order valence-electron chi connectivity index (χ3n) is 2.33. The molecule has 0 fully saturated rings. The Morgan fingerprint density at radius 2 is 2.12 bits per heavy atom. The first kappa shape index (κ1) is 11.1. The quantitative estimate of drug-likeness (QED) is 0.802. The summed E-state index contributed by atoms with van der Waals surface area (Å²) in [6.07, 6.45) is 0.329. The largest absolute Gasteiger partial charge is 0.344 e. The molecule has 0 atom stereocenters. The molecule has 2 rings (SSSR count). The maximum absolute atomic E-state index is 8.76. The Labute approximate surface area is 99.3 Å². The zero-order valence-electron chi connectivity index (χ0n) is 9.71. The van der Waals surface area contributed by atoms with E-state index in [2.05, 4.69) is 16.2 Å². The van der Waals surface area contributed by atoms with Crippen LogP contribution >= 0.6 is 0 Å². The van der Waals surface area contributed by atoms with E-state index >= 15 is 0 Å². The Kier molecular flexibility index (Phi) is 3.06. The second-order valence-corrected chi connectivity index (χ2v) is 3.79. The summed E-state index contributed by atoms with van der Waals surface area (Å²) in [6, 6.07) is 9.66. The van der Waals surface area contributed by atoms with Crippen molar-refractivity contribution in [3.8, 4) is 17.5 Å². The summed E-state index contributed by atoms with van der Waals surface area (Å²) < 4.78 is 5.19. The van der Waals surface area contributed by atoms with E-state index < -0.39 is 0 Å². The number of anilines is 1. The second kappa shape index (κ2) is 4.66. The van der Waals surface area contributed by atoms with Crippen LogP contribution in [-0.2, 0) is 6.42 Å². The van der Waals surface area contributed by atoms with Crippen LogP contribution in [0.3, 0.4) is 0 Å². The molecule has 0 N–H and O–H groups in total. The first-order valence-electron chi connectivity index (χ1n) is 5.18. The van der Waals surface area contributed by atoms with Gasteiger partial charge in [-0.3, -0.25) is 0 Å². The van der Waals surface area contributed by atoms with E-state index in [0.29, 0.717) is 18.3 Å². The summed E-state index contributed by atoms with van der Waals surface area (Å²) in [5.74, 6) is 0.964. The lowest BCUT2D eigenvalue weighted by atomic mass is 10.1. The average Bonchev–Trinajstić information content (AvgIpc) is 2.79. The molecule has 1 aromatic carbocycles. The molecule has 5 nitrogen and oxygen atoms in total. The van der Waals surface area contributed by atoms with Gasteiger partial charge in [0.05, 0.1) is 12.5 Å². The molecule has 0 bridgehead atoms. The van der Waals surface area contributed by atoms with Crippen LogP contribution in [-0.4, -0.2) is 24.2 Å². The highest BCUT2D eigenvalue weighted by molar-refractivity contribution is 5.60. The molecule has 0 unspecified atom stereocenters. The Balaban J connectivity index is 2.42. The van der Waals surface area contributed by atoms with Crippen molar-refractivity contribution in [1.82, 2.24) is 10.1 Å². The fourth-order valence-electron chi connectivity index (χ4n) is 1.48. The van der Waals surface area contributed by atoms with Crippen molar-refractivity contribution in [2.75, 3.05) is 19.0 Å². The van der Waals surface area contributed by atoms with Crippen molar-refractivity contribution in [2.24, 2.45) is 0 Å². The standard InChI is InChI=1S/C12H12N4O/c1-16(2)12-14-11(17-15-12)10-6-4-3-5-9(10)7-8-13/h3-6H,7H2,1-2H3. The predicted molar refractivity (Wildman–Crippen MR) is 63.4 cm³/mol. The van der Waals surface area contributed by atoms with Crippen molar-refractivity contribution in [1.29, 1.82) is 5.26 Å². The van der Waals surface area contributed by atoms with Crippen molar-refractivity contribution in [3.05, 3.63) is 29.8 Å².